The van der Waals surface area contributed by atoms with Gasteiger partial charge in [0.2, 0.25) is 0 Å². The van der Waals surface area contributed by atoms with E-state index in [0.29, 0.717) is 50.4 Å². The number of carbonyl (C=O) groups is 2. The van der Waals surface area contributed by atoms with Crippen molar-refractivity contribution in [2.24, 2.45) is 29.1 Å². The lowest BCUT2D eigenvalue weighted by atomic mass is 9.49. The van der Waals surface area contributed by atoms with Crippen molar-refractivity contribution in [2.45, 2.75) is 262 Å². The van der Waals surface area contributed by atoms with Gasteiger partial charge in [-0.1, -0.05) is 51.4 Å². The molecule has 322 valence electrons. The first-order chi connectivity index (χ1) is 26.1. The van der Waals surface area contributed by atoms with Crippen molar-refractivity contribution in [3.05, 3.63) is 0 Å². The Labute approximate surface area is 341 Å². The largest absolute Gasteiger partial charge is 0.481 e. The zero-order valence-electron chi connectivity index (χ0n) is 37.4. The molecule has 8 heteroatoms. The number of hydrogen-bond acceptors (Lipinski definition) is 4. The molecule has 2 saturated heterocycles. The smallest absolute Gasteiger partial charge is 0.310 e. The van der Waals surface area contributed by atoms with Gasteiger partial charge in [0.25, 0.3) is 0 Å². The second-order valence-electron chi connectivity index (χ2n) is 23.3. The van der Waals surface area contributed by atoms with E-state index in [1.54, 1.807) is 0 Å². The van der Waals surface area contributed by atoms with E-state index < -0.39 is 39.5 Å². The molecule has 4 saturated carbocycles. The number of aliphatic carboxylic acids is 2. The fourth-order valence-electron chi connectivity index (χ4n) is 17.2. The summed E-state index contributed by atoms with van der Waals surface area (Å²) in [5, 5.41) is 48.7. The van der Waals surface area contributed by atoms with Gasteiger partial charge in [-0.2, -0.15) is 9.29 Å². The lowest BCUT2D eigenvalue weighted by Crippen LogP contribution is -2.85. The molecule has 0 bridgehead atoms. The van der Waals surface area contributed by atoms with Crippen LogP contribution < -0.4 is 0 Å². The topological polar surface area (TPSA) is 115 Å². The molecule has 2 aliphatic heterocycles. The Kier molecular flexibility index (Phi) is 12.4. The number of likely N-dealkylation sites (tertiary alicyclic amines) is 2. The maximum Gasteiger partial charge on any atom is 0.310 e. The molecule has 0 amide bonds. The number of hydroxylamine groups is 6. The minimum Gasteiger partial charge on any atom is -0.481 e. The highest BCUT2D eigenvalue weighted by molar-refractivity contribution is 5.76. The first-order valence-corrected chi connectivity index (χ1v) is 23.8. The summed E-state index contributed by atoms with van der Waals surface area (Å²) in [4.78, 5) is 25.9. The van der Waals surface area contributed by atoms with Crippen molar-refractivity contribution in [3.63, 3.8) is 0 Å². The number of carboxylic acids is 2. The summed E-state index contributed by atoms with van der Waals surface area (Å²) in [6.45, 7) is 18.2. The highest BCUT2D eigenvalue weighted by Crippen LogP contribution is 2.67. The van der Waals surface area contributed by atoms with E-state index in [-0.39, 0.29) is 38.6 Å². The van der Waals surface area contributed by atoms with Crippen molar-refractivity contribution in [3.8, 4) is 0 Å². The Balaban J connectivity index is 1.40. The highest BCUT2D eigenvalue weighted by Gasteiger charge is 2.76. The SMILES string of the molecule is CC1(C)CC(C(CCCCCCCC(=O)O)(C(=O)O)C2CC(C)(C)[N+](O)(C34CCCCC3CCCC4)C(C)(C)C2)CC(C)(C)[N+]1(O)C12CCCCC1CCCC2. The monoisotopic (exact) mass is 787 g/mol. The van der Waals surface area contributed by atoms with E-state index >= 15 is 0 Å². The van der Waals surface area contributed by atoms with Crippen molar-refractivity contribution >= 4 is 11.9 Å². The van der Waals surface area contributed by atoms with Crippen LogP contribution in [0.3, 0.4) is 0 Å². The highest BCUT2D eigenvalue weighted by atomic mass is 16.6. The van der Waals surface area contributed by atoms with Crippen LogP contribution in [0.2, 0.25) is 0 Å². The number of unbranched alkanes of at least 4 members (excludes halogenated alkanes) is 4. The van der Waals surface area contributed by atoms with Crippen molar-refractivity contribution in [2.75, 3.05) is 0 Å². The Bertz CT molecular complexity index is 1270. The Morgan fingerprint density at radius 3 is 1.16 bits per heavy atom. The minimum absolute atomic E-state index is 0.0651. The number of nitrogens with zero attached hydrogens (tertiary/aromatic N) is 2. The summed E-state index contributed by atoms with van der Waals surface area (Å²) in [5.74, 6) is -0.658. The molecule has 8 nitrogen and oxygen atoms in total. The average Bonchev–Trinajstić information content (AvgIpc) is 3.12. The predicted octanol–water partition coefficient (Wildman–Crippen LogP) is 12.2. The van der Waals surface area contributed by atoms with Gasteiger partial charge in [-0.15, -0.1) is 0 Å². The Morgan fingerprint density at radius 2 is 0.839 bits per heavy atom. The molecule has 4 N–H and O–H groups in total. The lowest BCUT2D eigenvalue weighted by Gasteiger charge is -2.71. The molecule has 0 aromatic rings. The molecule has 0 aromatic heterocycles. The molecule has 6 aliphatic rings. The van der Waals surface area contributed by atoms with Gasteiger partial charge in [-0.3, -0.25) is 9.59 Å². The van der Waals surface area contributed by atoms with E-state index in [4.69, 9.17) is 0 Å². The van der Waals surface area contributed by atoms with Crippen LogP contribution in [0.15, 0.2) is 0 Å². The van der Waals surface area contributed by atoms with Crippen LogP contribution in [0.4, 0.5) is 0 Å². The van der Waals surface area contributed by atoms with Gasteiger partial charge in [0, 0.05) is 69.6 Å². The summed E-state index contributed by atoms with van der Waals surface area (Å²) in [6.07, 6.45) is 26.2. The van der Waals surface area contributed by atoms with E-state index in [9.17, 15) is 30.2 Å². The second kappa shape index (κ2) is 15.7. The average molecular weight is 787 g/mol. The molecule has 0 unspecified atom stereocenters. The number of hydrogen-bond donors (Lipinski definition) is 4. The molecule has 0 atom stereocenters. The molecule has 6 rings (SSSR count). The Morgan fingerprint density at radius 1 is 0.518 bits per heavy atom. The van der Waals surface area contributed by atoms with Crippen LogP contribution in [0, 0.1) is 29.1 Å². The standard InChI is InChI=1S/C48H84N2O6/c1-42(2)32-38(33-43(3,4)49(42,55)46-27-18-13-22-36(46)23-14-19-28-46)48(41(53)54,31-17-11-9-10-12-26-40(51)52)39-34-44(5,6)50(56,45(7,8)35-39)47-29-20-15-24-37(47)25-16-21-30-47/h36-39,55-56H,9-35H2,1-8H3/p+2. The maximum atomic E-state index is 14.7. The summed E-state index contributed by atoms with van der Waals surface area (Å²) in [6, 6.07) is 0. The van der Waals surface area contributed by atoms with E-state index in [0.717, 1.165) is 77.0 Å². The van der Waals surface area contributed by atoms with Crippen LogP contribution in [0.5, 0.6) is 0 Å². The van der Waals surface area contributed by atoms with Gasteiger partial charge < -0.3 is 10.2 Å². The molecule has 0 spiro atoms. The molecule has 2 heterocycles. The van der Waals surface area contributed by atoms with Crippen molar-refractivity contribution in [1.82, 2.24) is 0 Å². The quantitative estimate of drug-likeness (QED) is 0.109. The van der Waals surface area contributed by atoms with Crippen LogP contribution >= 0.6 is 0 Å². The van der Waals surface area contributed by atoms with Crippen molar-refractivity contribution in [1.29, 1.82) is 0 Å². The van der Waals surface area contributed by atoms with Crippen LogP contribution in [0.25, 0.3) is 0 Å². The van der Waals surface area contributed by atoms with Gasteiger partial charge in [0.1, 0.15) is 33.2 Å². The fraction of sp³-hybridized carbons (Fsp3) is 0.958. The second-order valence-corrected chi connectivity index (χ2v) is 23.3. The van der Waals surface area contributed by atoms with Gasteiger partial charge in [-0.25, -0.2) is 10.4 Å². The number of fused-ring (bicyclic) bond motifs is 2. The predicted molar refractivity (Wildman–Crippen MR) is 222 cm³/mol. The van der Waals surface area contributed by atoms with E-state index in [2.05, 4.69) is 55.4 Å². The summed E-state index contributed by atoms with van der Waals surface area (Å²) in [7, 11) is 0. The third kappa shape index (κ3) is 6.66. The maximum absolute atomic E-state index is 14.7. The molecule has 6 fully saturated rings. The fourth-order valence-corrected chi connectivity index (χ4v) is 17.2. The molecule has 0 aromatic carbocycles. The summed E-state index contributed by atoms with van der Waals surface area (Å²) < 4.78 is 0.130. The molecular formula is C48H86N2O6+2. The zero-order valence-corrected chi connectivity index (χ0v) is 37.4. The van der Waals surface area contributed by atoms with Gasteiger partial charge in [-0.05, 0) is 131 Å². The number of rotatable bonds is 13. The van der Waals surface area contributed by atoms with Gasteiger partial charge >= 0.3 is 11.9 Å². The van der Waals surface area contributed by atoms with Crippen LogP contribution in [-0.2, 0) is 9.59 Å². The molecular weight excluding hydrogens is 701 g/mol. The van der Waals surface area contributed by atoms with E-state index in [1.807, 2.05) is 0 Å². The summed E-state index contributed by atoms with van der Waals surface area (Å²) >= 11 is 0. The summed E-state index contributed by atoms with van der Waals surface area (Å²) in [5.41, 5.74) is -3.53. The minimum atomic E-state index is -1.01. The molecule has 4 aliphatic carbocycles. The van der Waals surface area contributed by atoms with Crippen molar-refractivity contribution < 1.29 is 39.5 Å². The van der Waals surface area contributed by atoms with Gasteiger partial charge in [0.15, 0.2) is 0 Å². The number of piperidine rings is 2. The number of carboxylic acid groups (broad SMARTS) is 2. The van der Waals surface area contributed by atoms with Crippen LogP contribution in [-0.4, -0.2) is 75.1 Å². The van der Waals surface area contributed by atoms with Gasteiger partial charge in [0.05, 0.1) is 5.41 Å². The Hall–Kier alpha value is -1.22. The normalized spacial score (nSPS) is 41.4. The third-order valence-electron chi connectivity index (χ3n) is 18.8. The van der Waals surface area contributed by atoms with Crippen LogP contribution in [0.1, 0.15) is 229 Å². The molecule has 56 heavy (non-hydrogen) atoms. The first-order valence-electron chi connectivity index (χ1n) is 23.8. The lowest BCUT2D eigenvalue weighted by molar-refractivity contribution is -1.21. The number of quaternary nitrogens is 2. The molecule has 0 radical (unpaired) electrons. The first kappa shape index (κ1) is 44.3. The zero-order chi connectivity index (χ0) is 41.1. The van der Waals surface area contributed by atoms with E-state index in [1.165, 1.54) is 51.4 Å². The third-order valence-corrected chi connectivity index (χ3v) is 18.8.